The molecule has 0 unspecified atom stereocenters. The van der Waals surface area contributed by atoms with Gasteiger partial charge in [0.15, 0.2) is 0 Å². The van der Waals surface area contributed by atoms with Crippen molar-refractivity contribution in [3.8, 4) is 5.69 Å². The number of nitrogens with zero attached hydrogens (tertiary/aromatic N) is 2. The molecule has 2 N–H and O–H groups in total. The lowest BCUT2D eigenvalue weighted by atomic mass is 10.1. The zero-order valence-corrected chi connectivity index (χ0v) is 12.1. The molecule has 0 aliphatic carbocycles. The first-order valence-electron chi connectivity index (χ1n) is 7.07. The van der Waals surface area contributed by atoms with Crippen molar-refractivity contribution in [3.63, 3.8) is 0 Å². The molecule has 1 aromatic carbocycles. The van der Waals surface area contributed by atoms with Crippen molar-refractivity contribution in [2.45, 2.75) is 40.0 Å². The third kappa shape index (κ3) is 2.87. The van der Waals surface area contributed by atoms with Crippen LogP contribution < -0.4 is 5.73 Å². The average molecular weight is 257 g/mol. The Hall–Kier alpha value is -1.61. The second-order valence-corrected chi connectivity index (χ2v) is 4.91. The lowest BCUT2D eigenvalue weighted by molar-refractivity contribution is 0.788. The highest BCUT2D eigenvalue weighted by Crippen LogP contribution is 2.19. The molecule has 0 bridgehead atoms. The summed E-state index contributed by atoms with van der Waals surface area (Å²) in [6, 6.07) is 8.73. The fraction of sp³-hybridized carbons (Fsp3) is 0.438. The van der Waals surface area contributed by atoms with Gasteiger partial charge in [-0.2, -0.15) is 5.10 Å². The minimum Gasteiger partial charge on any atom is -0.330 e. The quantitative estimate of drug-likeness (QED) is 0.895. The van der Waals surface area contributed by atoms with Crippen LogP contribution in [0.5, 0.6) is 0 Å². The van der Waals surface area contributed by atoms with Crippen molar-refractivity contribution in [3.05, 3.63) is 46.8 Å². The summed E-state index contributed by atoms with van der Waals surface area (Å²) < 4.78 is 2.08. The van der Waals surface area contributed by atoms with Gasteiger partial charge in [0.1, 0.15) is 0 Å². The first-order chi connectivity index (χ1) is 9.19. The Labute approximate surface area is 115 Å². The molecule has 2 aromatic rings. The van der Waals surface area contributed by atoms with Crippen molar-refractivity contribution in [2.75, 3.05) is 6.54 Å². The van der Waals surface area contributed by atoms with Crippen LogP contribution in [0, 0.1) is 6.92 Å². The van der Waals surface area contributed by atoms with Crippen LogP contribution in [0.2, 0.25) is 0 Å². The van der Waals surface area contributed by atoms with Gasteiger partial charge in [-0.1, -0.05) is 26.0 Å². The van der Waals surface area contributed by atoms with Crippen molar-refractivity contribution in [2.24, 2.45) is 5.73 Å². The van der Waals surface area contributed by atoms with E-state index in [2.05, 4.69) is 49.7 Å². The highest BCUT2D eigenvalue weighted by atomic mass is 15.3. The number of rotatable bonds is 5. The van der Waals surface area contributed by atoms with Crippen molar-refractivity contribution < 1.29 is 0 Å². The second-order valence-electron chi connectivity index (χ2n) is 4.91. The number of nitrogens with two attached hydrogens (primary N) is 1. The number of hydrogen-bond acceptors (Lipinski definition) is 2. The fourth-order valence-corrected chi connectivity index (χ4v) is 2.39. The van der Waals surface area contributed by atoms with Crippen molar-refractivity contribution >= 4 is 0 Å². The molecular formula is C16H23N3. The zero-order chi connectivity index (χ0) is 13.8. The summed E-state index contributed by atoms with van der Waals surface area (Å²) in [5, 5.41) is 4.70. The molecule has 0 fully saturated rings. The second kappa shape index (κ2) is 6.02. The van der Waals surface area contributed by atoms with Crippen LogP contribution in [0.3, 0.4) is 0 Å². The van der Waals surface area contributed by atoms with E-state index in [0.717, 1.165) is 25.0 Å². The maximum atomic E-state index is 5.61. The first-order valence-corrected chi connectivity index (χ1v) is 7.07. The van der Waals surface area contributed by atoms with Gasteiger partial charge in [-0.25, -0.2) is 4.68 Å². The van der Waals surface area contributed by atoms with Crippen LogP contribution in [0.4, 0.5) is 0 Å². The van der Waals surface area contributed by atoms with Crippen LogP contribution >= 0.6 is 0 Å². The topological polar surface area (TPSA) is 43.8 Å². The van der Waals surface area contributed by atoms with E-state index in [1.165, 1.54) is 22.5 Å². The molecule has 3 heteroatoms. The van der Waals surface area contributed by atoms with E-state index in [1.807, 2.05) is 0 Å². The van der Waals surface area contributed by atoms with E-state index in [1.54, 1.807) is 0 Å². The summed E-state index contributed by atoms with van der Waals surface area (Å²) in [5.41, 5.74) is 11.8. The molecule has 1 aromatic heterocycles. The Morgan fingerprint density at radius 1 is 1.16 bits per heavy atom. The van der Waals surface area contributed by atoms with E-state index in [4.69, 9.17) is 10.8 Å². The van der Waals surface area contributed by atoms with Gasteiger partial charge >= 0.3 is 0 Å². The summed E-state index contributed by atoms with van der Waals surface area (Å²) in [7, 11) is 0. The largest absolute Gasteiger partial charge is 0.330 e. The fourth-order valence-electron chi connectivity index (χ4n) is 2.39. The van der Waals surface area contributed by atoms with E-state index in [-0.39, 0.29) is 0 Å². The average Bonchev–Trinajstić information content (AvgIpc) is 2.82. The van der Waals surface area contributed by atoms with Crippen LogP contribution in [0.1, 0.15) is 36.4 Å². The Kier molecular flexibility index (Phi) is 4.38. The van der Waals surface area contributed by atoms with E-state index >= 15 is 0 Å². The van der Waals surface area contributed by atoms with Crippen molar-refractivity contribution in [1.29, 1.82) is 0 Å². The van der Waals surface area contributed by atoms with Crippen LogP contribution in [-0.2, 0) is 19.3 Å². The lowest BCUT2D eigenvalue weighted by Crippen LogP contribution is -2.06. The van der Waals surface area contributed by atoms with Gasteiger partial charge in [0.25, 0.3) is 0 Å². The molecule has 3 nitrogen and oxygen atoms in total. The summed E-state index contributed by atoms with van der Waals surface area (Å²) >= 11 is 0. The van der Waals surface area contributed by atoms with Gasteiger partial charge in [0.05, 0.1) is 11.4 Å². The van der Waals surface area contributed by atoms with E-state index in [9.17, 15) is 0 Å². The van der Waals surface area contributed by atoms with Gasteiger partial charge in [-0.3, -0.25) is 0 Å². The Bertz CT molecular complexity index is 555. The third-order valence-electron chi connectivity index (χ3n) is 3.48. The molecule has 1 heterocycles. The van der Waals surface area contributed by atoms with Crippen molar-refractivity contribution in [1.82, 2.24) is 9.78 Å². The molecule has 0 saturated heterocycles. The number of aromatic nitrogens is 2. The lowest BCUT2D eigenvalue weighted by Gasteiger charge is -2.11. The normalized spacial score (nSPS) is 10.9. The summed E-state index contributed by atoms with van der Waals surface area (Å²) in [6.07, 6.45) is 2.91. The maximum absolute atomic E-state index is 5.61. The van der Waals surface area contributed by atoms with E-state index < -0.39 is 0 Å². The maximum Gasteiger partial charge on any atom is 0.0678 e. The number of hydrogen-bond donors (Lipinski definition) is 1. The van der Waals surface area contributed by atoms with Gasteiger partial charge < -0.3 is 5.73 Å². The van der Waals surface area contributed by atoms with Crippen LogP contribution in [0.15, 0.2) is 24.3 Å². The molecule has 0 atom stereocenters. The third-order valence-corrected chi connectivity index (χ3v) is 3.48. The minimum atomic E-state index is 0.695. The first kappa shape index (κ1) is 13.8. The predicted octanol–water partition coefficient (Wildman–Crippen LogP) is 2.81. The minimum absolute atomic E-state index is 0.695. The van der Waals surface area contributed by atoms with Gasteiger partial charge in [0, 0.05) is 5.69 Å². The highest BCUT2D eigenvalue weighted by molar-refractivity contribution is 5.43. The molecule has 0 spiro atoms. The molecular weight excluding hydrogens is 234 g/mol. The zero-order valence-electron chi connectivity index (χ0n) is 12.1. The summed E-state index contributed by atoms with van der Waals surface area (Å²) in [4.78, 5) is 0. The molecule has 0 aliphatic rings. The molecule has 0 radical (unpaired) electrons. The van der Waals surface area contributed by atoms with Gasteiger partial charge in [0.2, 0.25) is 0 Å². The number of benzene rings is 1. The summed E-state index contributed by atoms with van der Waals surface area (Å²) in [6.45, 7) is 7.15. The highest BCUT2D eigenvalue weighted by Gasteiger charge is 2.09. The Morgan fingerprint density at radius 3 is 2.53 bits per heavy atom. The van der Waals surface area contributed by atoms with Crippen LogP contribution in [-0.4, -0.2) is 16.3 Å². The molecule has 102 valence electrons. The number of aryl methyl sites for hydroxylation is 3. The van der Waals surface area contributed by atoms with Gasteiger partial charge in [-0.15, -0.1) is 0 Å². The molecule has 19 heavy (non-hydrogen) atoms. The SMILES string of the molecule is CCc1cc(CC)n(-c2ccc(CCN)cc2C)n1. The summed E-state index contributed by atoms with van der Waals surface area (Å²) in [5.74, 6) is 0. The molecule has 0 saturated carbocycles. The molecule has 2 rings (SSSR count). The predicted molar refractivity (Wildman–Crippen MR) is 79.8 cm³/mol. The van der Waals surface area contributed by atoms with Crippen LogP contribution in [0.25, 0.3) is 5.69 Å². The molecule has 0 amide bonds. The smallest absolute Gasteiger partial charge is 0.0678 e. The van der Waals surface area contributed by atoms with E-state index in [0.29, 0.717) is 6.54 Å². The standard InChI is InChI=1S/C16H23N3/c1-4-14-11-15(5-2)19(18-14)16-7-6-13(8-9-17)10-12(16)3/h6-7,10-11H,4-5,8-9,17H2,1-3H3. The Morgan fingerprint density at radius 2 is 1.95 bits per heavy atom. The Balaban J connectivity index is 2.43. The monoisotopic (exact) mass is 257 g/mol. The molecule has 0 aliphatic heterocycles. The van der Waals surface area contributed by atoms with Gasteiger partial charge in [-0.05, 0) is 56.0 Å².